The van der Waals surface area contributed by atoms with Crippen LogP contribution in [0.1, 0.15) is 51.4 Å². The summed E-state index contributed by atoms with van der Waals surface area (Å²) in [6, 6.07) is 0. The van der Waals surface area contributed by atoms with Gasteiger partial charge in [-0.05, 0) is 23.2 Å². The van der Waals surface area contributed by atoms with Crippen molar-refractivity contribution in [3.63, 3.8) is 0 Å². The molecule has 0 radical (unpaired) electrons. The number of unbranched alkanes of at least 4 members (excludes halogenated alkanes) is 5. The number of hydrogen-bond donors (Lipinski definition) is 0. The summed E-state index contributed by atoms with van der Waals surface area (Å²) >= 11 is 2.05. The molecule has 0 atom stereocenters. The lowest BCUT2D eigenvalue weighted by atomic mass is 10.1. The second kappa shape index (κ2) is 13.6. The molecule has 0 spiro atoms. The molecule has 0 aliphatic heterocycles. The predicted octanol–water partition coefficient (Wildman–Crippen LogP) is 4.23. The Morgan fingerprint density at radius 3 is 2.59 bits per heavy atom. The van der Waals surface area contributed by atoms with Gasteiger partial charge >= 0.3 is 5.97 Å². The van der Waals surface area contributed by atoms with E-state index in [9.17, 15) is 4.79 Å². The Labute approximate surface area is 118 Å². The molecule has 0 N–H and O–H groups in total. The van der Waals surface area contributed by atoms with Crippen LogP contribution in [0.4, 0.5) is 0 Å². The van der Waals surface area contributed by atoms with Gasteiger partial charge in [-0.2, -0.15) is 0 Å². The summed E-state index contributed by atoms with van der Waals surface area (Å²) in [4.78, 5) is 10.8. The van der Waals surface area contributed by atoms with Gasteiger partial charge in [-0.3, -0.25) is 4.79 Å². The normalized spacial score (nSPS) is 10.0. The average Bonchev–Trinajstić information content (AvgIpc) is 2.35. The molecule has 96 valence electrons. The highest BCUT2D eigenvalue weighted by atomic mass is 127. The van der Waals surface area contributed by atoms with Crippen LogP contribution in [-0.2, 0) is 9.53 Å². The Morgan fingerprint density at radius 1 is 1.18 bits per heavy atom. The van der Waals surface area contributed by atoms with Gasteiger partial charge in [-0.15, -0.1) is 0 Å². The number of carbonyl (C=O) groups is 1. The molecule has 3 heteroatoms. The SMILES string of the molecule is COC(=O)CCCCCCC/C=C\CC#CI. The topological polar surface area (TPSA) is 26.3 Å². The molecule has 17 heavy (non-hydrogen) atoms. The van der Waals surface area contributed by atoms with Crippen molar-refractivity contribution in [2.24, 2.45) is 0 Å². The minimum absolute atomic E-state index is 0.0932. The molecule has 0 aromatic heterocycles. The van der Waals surface area contributed by atoms with Gasteiger partial charge in [-0.1, -0.05) is 37.3 Å². The number of methoxy groups -OCH3 is 1. The van der Waals surface area contributed by atoms with Crippen LogP contribution in [0.2, 0.25) is 0 Å². The van der Waals surface area contributed by atoms with E-state index in [0.29, 0.717) is 6.42 Å². The van der Waals surface area contributed by atoms with Crippen LogP contribution in [0, 0.1) is 9.85 Å². The fraction of sp³-hybridized carbons (Fsp3) is 0.643. The van der Waals surface area contributed by atoms with Crippen molar-refractivity contribution in [1.82, 2.24) is 0 Å². The van der Waals surface area contributed by atoms with E-state index in [1.165, 1.54) is 26.4 Å². The summed E-state index contributed by atoms with van der Waals surface area (Å²) in [6.45, 7) is 0. The van der Waals surface area contributed by atoms with E-state index in [-0.39, 0.29) is 5.97 Å². The third-order valence-electron chi connectivity index (χ3n) is 2.43. The lowest BCUT2D eigenvalue weighted by Crippen LogP contribution is -1.98. The maximum absolute atomic E-state index is 10.8. The van der Waals surface area contributed by atoms with Crippen molar-refractivity contribution in [2.45, 2.75) is 51.4 Å². The number of ether oxygens (including phenoxy) is 1. The Bertz CT molecular complexity index is 274. The zero-order chi connectivity index (χ0) is 12.8. The molecule has 0 heterocycles. The van der Waals surface area contributed by atoms with Gasteiger partial charge in [0.2, 0.25) is 0 Å². The number of allylic oxidation sites excluding steroid dienone is 2. The minimum atomic E-state index is -0.0932. The monoisotopic (exact) mass is 348 g/mol. The first-order chi connectivity index (χ1) is 8.31. The summed E-state index contributed by atoms with van der Waals surface area (Å²) in [5.41, 5.74) is 0. The maximum Gasteiger partial charge on any atom is 0.305 e. The Kier molecular flexibility index (Phi) is 13.2. The second-order valence-electron chi connectivity index (χ2n) is 3.83. The number of carbonyl (C=O) groups excluding carboxylic acids is 1. The highest BCUT2D eigenvalue weighted by Crippen LogP contribution is 2.08. The Balaban J connectivity index is 3.15. The van der Waals surface area contributed by atoms with Crippen molar-refractivity contribution in [1.29, 1.82) is 0 Å². The molecule has 0 bridgehead atoms. The molecule has 0 saturated carbocycles. The zero-order valence-corrected chi connectivity index (χ0v) is 12.7. The van der Waals surface area contributed by atoms with E-state index in [0.717, 1.165) is 25.7 Å². The largest absolute Gasteiger partial charge is 0.469 e. The number of hydrogen-bond acceptors (Lipinski definition) is 2. The molecule has 0 unspecified atom stereocenters. The Morgan fingerprint density at radius 2 is 1.88 bits per heavy atom. The van der Waals surface area contributed by atoms with Gasteiger partial charge < -0.3 is 4.74 Å². The standard InChI is InChI=1S/C14H21IO2/c1-17-14(16)12-10-8-6-4-2-3-5-7-9-11-13-15/h5,7H,2-4,6,8-10,12H2,1H3/b7-5-. The van der Waals surface area contributed by atoms with Crippen molar-refractivity contribution in [3.8, 4) is 9.85 Å². The van der Waals surface area contributed by atoms with Crippen molar-refractivity contribution < 1.29 is 9.53 Å². The van der Waals surface area contributed by atoms with Crippen molar-refractivity contribution in [3.05, 3.63) is 12.2 Å². The molecule has 0 saturated heterocycles. The fourth-order valence-corrected chi connectivity index (χ4v) is 1.68. The zero-order valence-electron chi connectivity index (χ0n) is 10.5. The van der Waals surface area contributed by atoms with Crippen molar-refractivity contribution in [2.75, 3.05) is 7.11 Å². The lowest BCUT2D eigenvalue weighted by molar-refractivity contribution is -0.140. The molecule has 0 aromatic carbocycles. The number of halogens is 1. The number of rotatable bonds is 9. The second-order valence-corrected chi connectivity index (χ2v) is 4.37. The number of esters is 1. The van der Waals surface area contributed by atoms with Gasteiger partial charge in [0.05, 0.1) is 7.11 Å². The first-order valence-corrected chi connectivity index (χ1v) is 7.19. The molecule has 0 fully saturated rings. The summed E-state index contributed by atoms with van der Waals surface area (Å²) in [5.74, 6) is 2.90. The first-order valence-electron chi connectivity index (χ1n) is 6.11. The van der Waals surface area contributed by atoms with Crippen molar-refractivity contribution >= 4 is 28.6 Å². The molecule has 0 aliphatic carbocycles. The van der Waals surface area contributed by atoms with Crippen LogP contribution in [-0.4, -0.2) is 13.1 Å². The molecule has 0 aromatic rings. The van der Waals surface area contributed by atoms with Crippen LogP contribution >= 0.6 is 22.6 Å². The van der Waals surface area contributed by atoms with Crippen LogP contribution in [0.5, 0.6) is 0 Å². The summed E-state index contributed by atoms with van der Waals surface area (Å²) in [7, 11) is 1.44. The maximum atomic E-state index is 10.8. The van der Waals surface area contributed by atoms with E-state index in [1.807, 2.05) is 0 Å². The highest BCUT2D eigenvalue weighted by Gasteiger charge is 1.98. The van der Waals surface area contributed by atoms with E-state index in [2.05, 4.69) is 49.3 Å². The van der Waals surface area contributed by atoms with E-state index >= 15 is 0 Å². The average molecular weight is 348 g/mol. The highest BCUT2D eigenvalue weighted by molar-refractivity contribution is 14.1. The quantitative estimate of drug-likeness (QED) is 0.205. The van der Waals surface area contributed by atoms with Gasteiger partial charge in [0.25, 0.3) is 0 Å². The minimum Gasteiger partial charge on any atom is -0.469 e. The molecular weight excluding hydrogens is 327 g/mol. The molecule has 0 aliphatic rings. The van der Waals surface area contributed by atoms with E-state index in [1.54, 1.807) is 0 Å². The third kappa shape index (κ3) is 13.4. The van der Waals surface area contributed by atoms with Gasteiger partial charge in [0.15, 0.2) is 0 Å². The van der Waals surface area contributed by atoms with Gasteiger partial charge in [0, 0.05) is 35.4 Å². The van der Waals surface area contributed by atoms with Crippen LogP contribution < -0.4 is 0 Å². The third-order valence-corrected chi connectivity index (χ3v) is 2.81. The van der Waals surface area contributed by atoms with Crippen LogP contribution in [0.15, 0.2) is 12.2 Å². The van der Waals surface area contributed by atoms with E-state index < -0.39 is 0 Å². The van der Waals surface area contributed by atoms with E-state index in [4.69, 9.17) is 0 Å². The smallest absolute Gasteiger partial charge is 0.305 e. The summed E-state index contributed by atoms with van der Waals surface area (Å²) < 4.78 is 7.42. The summed E-state index contributed by atoms with van der Waals surface area (Å²) in [5, 5.41) is 0. The Hall–Kier alpha value is -0.500. The molecule has 2 nitrogen and oxygen atoms in total. The lowest BCUT2D eigenvalue weighted by Gasteiger charge is -1.99. The first kappa shape index (κ1) is 16.5. The van der Waals surface area contributed by atoms with Gasteiger partial charge in [-0.25, -0.2) is 0 Å². The van der Waals surface area contributed by atoms with Crippen LogP contribution in [0.3, 0.4) is 0 Å². The molecule has 0 rings (SSSR count). The molecule has 0 amide bonds. The van der Waals surface area contributed by atoms with Gasteiger partial charge in [0.1, 0.15) is 0 Å². The fourth-order valence-electron chi connectivity index (χ4n) is 1.46. The predicted molar refractivity (Wildman–Crippen MR) is 79.9 cm³/mol. The van der Waals surface area contributed by atoms with Crippen LogP contribution in [0.25, 0.3) is 0 Å². The summed E-state index contributed by atoms with van der Waals surface area (Å²) in [6.07, 6.45) is 12.6. The molecular formula is C14H21IO2.